The minimum atomic E-state index is -0.708. The van der Waals surface area contributed by atoms with Crippen molar-refractivity contribution in [2.45, 2.75) is 25.8 Å². The molecule has 1 heterocycles. The number of aryl methyl sites for hydroxylation is 1. The van der Waals surface area contributed by atoms with E-state index in [1.807, 2.05) is 5.43 Å². The molecular formula is C10H14N4O4. The third-order valence-electron chi connectivity index (χ3n) is 2.41. The number of aromatic nitrogens is 1. The molecule has 1 amide bonds. The lowest BCUT2D eigenvalue weighted by Gasteiger charge is -2.04. The number of nitrogens with one attached hydrogen (secondary N) is 1. The van der Waals surface area contributed by atoms with Crippen LogP contribution in [-0.2, 0) is 11.3 Å². The number of hydrazine groups is 1. The lowest BCUT2D eigenvalue weighted by Crippen LogP contribution is -2.29. The predicted molar refractivity (Wildman–Crippen MR) is 63.5 cm³/mol. The number of carbonyl (C=O) groups is 1. The zero-order valence-corrected chi connectivity index (χ0v) is 9.67. The molecule has 0 radical (unpaired) electrons. The van der Waals surface area contributed by atoms with E-state index in [0.29, 0.717) is 19.4 Å². The first-order valence-corrected chi connectivity index (χ1v) is 5.39. The second kappa shape index (κ2) is 6.50. The SMILES string of the molecule is NNC(=O)CCCCn1cccc([N+](=O)[O-])c1=O. The summed E-state index contributed by atoms with van der Waals surface area (Å²) < 4.78 is 1.26. The van der Waals surface area contributed by atoms with Crippen LogP contribution in [0, 0.1) is 10.1 Å². The van der Waals surface area contributed by atoms with Gasteiger partial charge in [-0.2, -0.15) is 0 Å². The second-order valence-corrected chi connectivity index (χ2v) is 3.67. The molecule has 0 atom stereocenters. The normalized spacial score (nSPS) is 10.1. The van der Waals surface area contributed by atoms with Gasteiger partial charge in [0.25, 0.3) is 0 Å². The fraction of sp³-hybridized carbons (Fsp3) is 0.400. The molecular weight excluding hydrogens is 240 g/mol. The quantitative estimate of drug-likeness (QED) is 0.242. The largest absolute Gasteiger partial charge is 0.334 e. The van der Waals surface area contributed by atoms with Gasteiger partial charge in [0, 0.05) is 25.2 Å². The molecule has 8 heteroatoms. The van der Waals surface area contributed by atoms with Crippen LogP contribution in [0.15, 0.2) is 23.1 Å². The average Bonchev–Trinajstić information content (AvgIpc) is 2.35. The van der Waals surface area contributed by atoms with Gasteiger partial charge in [0.1, 0.15) is 0 Å². The molecule has 0 spiro atoms. The van der Waals surface area contributed by atoms with Crippen LogP contribution < -0.4 is 16.8 Å². The summed E-state index contributed by atoms with van der Waals surface area (Å²) in [5, 5.41) is 10.6. The maximum Gasteiger partial charge on any atom is 0.334 e. The van der Waals surface area contributed by atoms with Crippen molar-refractivity contribution in [2.75, 3.05) is 0 Å². The van der Waals surface area contributed by atoms with E-state index in [9.17, 15) is 19.7 Å². The van der Waals surface area contributed by atoms with Gasteiger partial charge < -0.3 is 4.57 Å². The monoisotopic (exact) mass is 254 g/mol. The van der Waals surface area contributed by atoms with Gasteiger partial charge in [-0.3, -0.25) is 25.1 Å². The van der Waals surface area contributed by atoms with E-state index in [2.05, 4.69) is 0 Å². The second-order valence-electron chi connectivity index (χ2n) is 3.67. The Hall–Kier alpha value is -2.22. The molecule has 0 fully saturated rings. The maximum absolute atomic E-state index is 11.6. The van der Waals surface area contributed by atoms with Crippen LogP contribution in [0.1, 0.15) is 19.3 Å². The van der Waals surface area contributed by atoms with E-state index in [4.69, 9.17) is 5.84 Å². The summed E-state index contributed by atoms with van der Waals surface area (Å²) in [7, 11) is 0. The van der Waals surface area contributed by atoms with Gasteiger partial charge in [-0.15, -0.1) is 0 Å². The number of hydrogen-bond donors (Lipinski definition) is 2. The van der Waals surface area contributed by atoms with Gasteiger partial charge in [0.15, 0.2) is 0 Å². The van der Waals surface area contributed by atoms with Crippen LogP contribution in [0.2, 0.25) is 0 Å². The first kappa shape index (κ1) is 13.8. The molecule has 0 aliphatic rings. The van der Waals surface area contributed by atoms with Crippen molar-refractivity contribution < 1.29 is 9.72 Å². The van der Waals surface area contributed by atoms with Crippen LogP contribution >= 0.6 is 0 Å². The number of nitrogens with two attached hydrogens (primary N) is 1. The van der Waals surface area contributed by atoms with E-state index >= 15 is 0 Å². The van der Waals surface area contributed by atoms with Gasteiger partial charge in [0.2, 0.25) is 5.91 Å². The van der Waals surface area contributed by atoms with Gasteiger partial charge in [0.05, 0.1) is 4.92 Å². The molecule has 0 aliphatic heterocycles. The van der Waals surface area contributed by atoms with Crippen LogP contribution in [0.4, 0.5) is 5.69 Å². The standard InChI is InChI=1S/C10H14N4O4/c11-12-9(15)5-1-2-6-13-7-3-4-8(10(13)16)14(17)18/h3-4,7H,1-2,5-6,11H2,(H,12,15). The summed E-state index contributed by atoms with van der Waals surface area (Å²) in [5.41, 5.74) is 0.922. The fourth-order valence-corrected chi connectivity index (χ4v) is 1.48. The van der Waals surface area contributed by atoms with E-state index in [0.717, 1.165) is 0 Å². The molecule has 18 heavy (non-hydrogen) atoms. The fourth-order valence-electron chi connectivity index (χ4n) is 1.48. The Balaban J connectivity index is 2.58. The summed E-state index contributed by atoms with van der Waals surface area (Å²) in [6.45, 7) is 0.332. The first-order chi connectivity index (χ1) is 8.56. The van der Waals surface area contributed by atoms with Crippen molar-refractivity contribution in [3.63, 3.8) is 0 Å². The minimum Gasteiger partial charge on any atom is -0.310 e. The van der Waals surface area contributed by atoms with Gasteiger partial charge in [-0.05, 0) is 18.9 Å². The summed E-state index contributed by atoms with van der Waals surface area (Å²) in [6, 6.07) is 2.62. The van der Waals surface area contributed by atoms with Crippen molar-refractivity contribution in [1.82, 2.24) is 9.99 Å². The Morgan fingerprint density at radius 1 is 1.50 bits per heavy atom. The molecule has 3 N–H and O–H groups in total. The maximum atomic E-state index is 11.6. The third-order valence-corrected chi connectivity index (χ3v) is 2.41. The Labute approximate surface area is 103 Å². The molecule has 98 valence electrons. The van der Waals surface area contributed by atoms with E-state index in [1.165, 1.54) is 22.9 Å². The summed E-state index contributed by atoms with van der Waals surface area (Å²) in [5.74, 6) is 4.64. The first-order valence-electron chi connectivity index (χ1n) is 5.39. The highest BCUT2D eigenvalue weighted by Crippen LogP contribution is 2.03. The highest BCUT2D eigenvalue weighted by Gasteiger charge is 2.12. The Kier molecular flexibility index (Phi) is 5.00. The number of nitrogens with zero attached hydrogens (tertiary/aromatic N) is 2. The zero-order chi connectivity index (χ0) is 13.5. The molecule has 0 saturated carbocycles. The Bertz CT molecular complexity index is 497. The van der Waals surface area contributed by atoms with Crippen molar-refractivity contribution in [3.05, 3.63) is 38.8 Å². The number of pyridine rings is 1. The summed E-state index contributed by atoms with van der Waals surface area (Å²) in [6.07, 6.45) is 2.87. The Morgan fingerprint density at radius 3 is 2.83 bits per heavy atom. The molecule has 0 saturated heterocycles. The summed E-state index contributed by atoms with van der Waals surface area (Å²) in [4.78, 5) is 32.3. The van der Waals surface area contributed by atoms with Crippen molar-refractivity contribution in [1.29, 1.82) is 0 Å². The highest BCUT2D eigenvalue weighted by molar-refractivity contribution is 5.74. The minimum absolute atomic E-state index is 0.264. The van der Waals surface area contributed by atoms with E-state index in [-0.39, 0.29) is 12.3 Å². The molecule has 0 unspecified atom stereocenters. The van der Waals surface area contributed by atoms with E-state index < -0.39 is 16.2 Å². The lowest BCUT2D eigenvalue weighted by atomic mass is 10.2. The van der Waals surface area contributed by atoms with Crippen LogP contribution in [0.5, 0.6) is 0 Å². The van der Waals surface area contributed by atoms with Gasteiger partial charge >= 0.3 is 11.2 Å². The molecule has 1 aromatic rings. The number of nitro groups is 1. The average molecular weight is 254 g/mol. The smallest absolute Gasteiger partial charge is 0.310 e. The zero-order valence-electron chi connectivity index (χ0n) is 9.67. The molecule has 1 rings (SSSR count). The van der Waals surface area contributed by atoms with Gasteiger partial charge in [-0.25, -0.2) is 5.84 Å². The highest BCUT2D eigenvalue weighted by atomic mass is 16.6. The molecule has 0 bridgehead atoms. The van der Waals surface area contributed by atoms with Crippen molar-refractivity contribution in [3.8, 4) is 0 Å². The van der Waals surface area contributed by atoms with Crippen molar-refractivity contribution >= 4 is 11.6 Å². The van der Waals surface area contributed by atoms with E-state index in [1.54, 1.807) is 0 Å². The van der Waals surface area contributed by atoms with Gasteiger partial charge in [-0.1, -0.05) is 0 Å². The number of amides is 1. The third kappa shape index (κ3) is 3.67. The predicted octanol–water partition coefficient (Wildman–Crippen LogP) is -0.0833. The van der Waals surface area contributed by atoms with Crippen LogP contribution in [0.3, 0.4) is 0 Å². The van der Waals surface area contributed by atoms with Crippen molar-refractivity contribution in [2.24, 2.45) is 5.84 Å². The molecule has 0 aliphatic carbocycles. The molecule has 1 aromatic heterocycles. The topological polar surface area (TPSA) is 120 Å². The van der Waals surface area contributed by atoms with Crippen LogP contribution in [-0.4, -0.2) is 15.4 Å². The Morgan fingerprint density at radius 2 is 2.22 bits per heavy atom. The molecule has 0 aromatic carbocycles. The van der Waals surface area contributed by atoms with Crippen LogP contribution in [0.25, 0.3) is 0 Å². The number of unbranched alkanes of at least 4 members (excludes halogenated alkanes) is 1. The lowest BCUT2D eigenvalue weighted by molar-refractivity contribution is -0.386. The number of rotatable bonds is 6. The summed E-state index contributed by atoms with van der Waals surface area (Å²) >= 11 is 0. The number of hydrogen-bond acceptors (Lipinski definition) is 5. The number of carbonyl (C=O) groups excluding carboxylic acids is 1. The molecule has 8 nitrogen and oxygen atoms in total.